The first kappa shape index (κ1) is 18.8. The van der Waals surface area contributed by atoms with E-state index >= 15 is 0 Å². The van der Waals surface area contributed by atoms with E-state index in [2.05, 4.69) is 23.4 Å². The van der Waals surface area contributed by atoms with Gasteiger partial charge in [0.2, 0.25) is 11.8 Å². The monoisotopic (exact) mass is 376 g/mol. The fourth-order valence-electron chi connectivity index (χ4n) is 2.33. The molecule has 3 rings (SSSR count). The van der Waals surface area contributed by atoms with Gasteiger partial charge >= 0.3 is 11.9 Å². The summed E-state index contributed by atoms with van der Waals surface area (Å²) in [5.41, 5.74) is 2.09. The van der Waals surface area contributed by atoms with Crippen LogP contribution in [0.15, 0.2) is 72.2 Å². The van der Waals surface area contributed by atoms with Gasteiger partial charge in [-0.05, 0) is 55.0 Å². The number of aryl methyl sites for hydroxylation is 1. The molecular weight excluding hydrogens is 360 g/mol. The molecule has 3 aromatic rings. The standard InChI is InChI=1S/C21H16N2O5/c1-4-18(24)26-16-9-6-14(7-10-16)20-22-23-21(28-20)15-8-11-17(13(3)12-15)27-19(25)5-2/h4-12H,1-2H2,3H3. The summed E-state index contributed by atoms with van der Waals surface area (Å²) in [5.74, 6) is 0.383. The molecule has 0 saturated carbocycles. The molecule has 28 heavy (non-hydrogen) atoms. The predicted molar refractivity (Wildman–Crippen MR) is 102 cm³/mol. The second kappa shape index (κ2) is 8.13. The average molecular weight is 376 g/mol. The van der Waals surface area contributed by atoms with Crippen molar-refractivity contribution in [1.29, 1.82) is 0 Å². The minimum Gasteiger partial charge on any atom is -0.423 e. The largest absolute Gasteiger partial charge is 0.423 e. The van der Waals surface area contributed by atoms with Gasteiger partial charge < -0.3 is 13.9 Å². The maximum absolute atomic E-state index is 11.3. The average Bonchev–Trinajstić information content (AvgIpc) is 3.20. The third-order valence-corrected chi connectivity index (χ3v) is 3.71. The molecule has 0 aliphatic carbocycles. The highest BCUT2D eigenvalue weighted by molar-refractivity contribution is 5.84. The van der Waals surface area contributed by atoms with Crippen LogP contribution in [-0.4, -0.2) is 22.1 Å². The van der Waals surface area contributed by atoms with Crippen molar-refractivity contribution in [2.75, 3.05) is 0 Å². The van der Waals surface area contributed by atoms with Gasteiger partial charge in [0, 0.05) is 23.3 Å². The van der Waals surface area contributed by atoms with Crippen LogP contribution in [-0.2, 0) is 9.59 Å². The van der Waals surface area contributed by atoms with Crippen LogP contribution in [0.3, 0.4) is 0 Å². The molecule has 1 aromatic heterocycles. The number of carbonyl (C=O) groups is 2. The molecular formula is C21H16N2O5. The highest BCUT2D eigenvalue weighted by Gasteiger charge is 2.13. The quantitative estimate of drug-likeness (QED) is 0.366. The zero-order chi connectivity index (χ0) is 20.1. The number of benzene rings is 2. The first-order chi connectivity index (χ1) is 13.5. The fraction of sp³-hybridized carbons (Fsp3) is 0.0476. The van der Waals surface area contributed by atoms with Crippen molar-refractivity contribution in [3.05, 3.63) is 73.3 Å². The van der Waals surface area contributed by atoms with Crippen molar-refractivity contribution in [3.63, 3.8) is 0 Å². The summed E-state index contributed by atoms with van der Waals surface area (Å²) in [6.07, 6.45) is 2.19. The maximum atomic E-state index is 11.3. The van der Waals surface area contributed by atoms with Gasteiger partial charge in [-0.3, -0.25) is 0 Å². The number of hydrogen-bond donors (Lipinski definition) is 0. The minimum atomic E-state index is -0.537. The van der Waals surface area contributed by atoms with E-state index in [-0.39, 0.29) is 0 Å². The zero-order valence-corrected chi connectivity index (χ0v) is 15.0. The lowest BCUT2D eigenvalue weighted by atomic mass is 10.1. The van der Waals surface area contributed by atoms with Gasteiger partial charge in [-0.1, -0.05) is 13.2 Å². The van der Waals surface area contributed by atoms with E-state index < -0.39 is 11.9 Å². The summed E-state index contributed by atoms with van der Waals surface area (Å²) in [6.45, 7) is 8.52. The Bertz CT molecular complexity index is 1050. The molecule has 0 aliphatic rings. The Morgan fingerprint density at radius 1 is 0.893 bits per heavy atom. The third-order valence-electron chi connectivity index (χ3n) is 3.71. The Labute approximate surface area is 160 Å². The molecule has 1 heterocycles. The summed E-state index contributed by atoms with van der Waals surface area (Å²) in [4.78, 5) is 22.5. The molecule has 0 bridgehead atoms. The second-order valence-corrected chi connectivity index (χ2v) is 5.67. The lowest BCUT2D eigenvalue weighted by Crippen LogP contribution is -2.04. The summed E-state index contributed by atoms with van der Waals surface area (Å²) in [5, 5.41) is 8.10. The molecule has 0 aliphatic heterocycles. The third kappa shape index (κ3) is 4.21. The Morgan fingerprint density at radius 2 is 1.46 bits per heavy atom. The van der Waals surface area contributed by atoms with E-state index in [1.54, 1.807) is 49.4 Å². The predicted octanol–water partition coefficient (Wildman–Crippen LogP) is 3.89. The van der Waals surface area contributed by atoms with Crippen LogP contribution in [0.25, 0.3) is 22.9 Å². The van der Waals surface area contributed by atoms with E-state index in [9.17, 15) is 9.59 Å². The van der Waals surface area contributed by atoms with Crippen LogP contribution in [0, 0.1) is 6.92 Å². The van der Waals surface area contributed by atoms with Gasteiger partial charge in [0.25, 0.3) is 0 Å². The van der Waals surface area contributed by atoms with Crippen molar-refractivity contribution < 1.29 is 23.5 Å². The Kier molecular flexibility index (Phi) is 5.45. The highest BCUT2D eigenvalue weighted by Crippen LogP contribution is 2.28. The van der Waals surface area contributed by atoms with E-state index in [4.69, 9.17) is 13.9 Å². The van der Waals surface area contributed by atoms with Crippen LogP contribution in [0.5, 0.6) is 11.5 Å². The Hall–Kier alpha value is -4.00. The molecule has 0 spiro atoms. The lowest BCUT2D eigenvalue weighted by molar-refractivity contribution is -0.129. The van der Waals surface area contributed by atoms with E-state index in [0.29, 0.717) is 34.4 Å². The van der Waals surface area contributed by atoms with Crippen molar-refractivity contribution in [2.45, 2.75) is 6.92 Å². The van der Waals surface area contributed by atoms with Crippen LogP contribution in [0.1, 0.15) is 5.56 Å². The van der Waals surface area contributed by atoms with Crippen molar-refractivity contribution in [3.8, 4) is 34.4 Å². The van der Waals surface area contributed by atoms with E-state index in [0.717, 1.165) is 17.7 Å². The summed E-state index contributed by atoms with van der Waals surface area (Å²) in [7, 11) is 0. The zero-order valence-electron chi connectivity index (χ0n) is 15.0. The highest BCUT2D eigenvalue weighted by atomic mass is 16.5. The minimum absolute atomic E-state index is 0.316. The van der Waals surface area contributed by atoms with Gasteiger partial charge in [0.1, 0.15) is 11.5 Å². The molecule has 0 saturated heterocycles. The molecule has 2 aromatic carbocycles. The fourth-order valence-corrected chi connectivity index (χ4v) is 2.33. The van der Waals surface area contributed by atoms with Crippen LogP contribution in [0.4, 0.5) is 0 Å². The molecule has 0 N–H and O–H groups in total. The van der Waals surface area contributed by atoms with Gasteiger partial charge in [0.05, 0.1) is 0 Å². The number of carbonyl (C=O) groups excluding carboxylic acids is 2. The molecule has 0 radical (unpaired) electrons. The molecule has 7 heteroatoms. The van der Waals surface area contributed by atoms with Gasteiger partial charge in [-0.15, -0.1) is 10.2 Å². The number of nitrogens with zero attached hydrogens (tertiary/aromatic N) is 2. The Balaban J connectivity index is 1.79. The van der Waals surface area contributed by atoms with Crippen molar-refractivity contribution in [1.82, 2.24) is 10.2 Å². The first-order valence-electron chi connectivity index (χ1n) is 8.23. The summed E-state index contributed by atoms with van der Waals surface area (Å²) in [6, 6.07) is 11.8. The first-order valence-corrected chi connectivity index (χ1v) is 8.23. The number of hydrogen-bond acceptors (Lipinski definition) is 7. The smallest absolute Gasteiger partial charge is 0.335 e. The molecule has 0 atom stereocenters. The topological polar surface area (TPSA) is 91.5 Å². The SMILES string of the molecule is C=CC(=O)Oc1ccc(-c2nnc(-c3ccc(OC(=O)C=C)c(C)c3)o2)cc1. The van der Waals surface area contributed by atoms with Crippen LogP contribution >= 0.6 is 0 Å². The van der Waals surface area contributed by atoms with E-state index in [1.807, 2.05) is 0 Å². The van der Waals surface area contributed by atoms with Gasteiger partial charge in [-0.25, -0.2) is 9.59 Å². The van der Waals surface area contributed by atoms with E-state index in [1.165, 1.54) is 0 Å². The molecule has 140 valence electrons. The number of aromatic nitrogens is 2. The Morgan fingerprint density at radius 3 is 2.07 bits per heavy atom. The molecule has 7 nitrogen and oxygen atoms in total. The summed E-state index contributed by atoms with van der Waals surface area (Å²) < 4.78 is 15.9. The molecule has 0 amide bonds. The van der Waals surface area contributed by atoms with Crippen molar-refractivity contribution >= 4 is 11.9 Å². The molecule has 0 fully saturated rings. The van der Waals surface area contributed by atoms with Crippen LogP contribution in [0.2, 0.25) is 0 Å². The van der Waals surface area contributed by atoms with Gasteiger partial charge in [-0.2, -0.15) is 0 Å². The normalized spacial score (nSPS) is 10.2. The number of ether oxygens (including phenoxy) is 2. The van der Waals surface area contributed by atoms with Crippen LogP contribution < -0.4 is 9.47 Å². The number of rotatable bonds is 6. The summed E-state index contributed by atoms with van der Waals surface area (Å²) >= 11 is 0. The van der Waals surface area contributed by atoms with Gasteiger partial charge in [0.15, 0.2) is 0 Å². The lowest BCUT2D eigenvalue weighted by Gasteiger charge is -2.06. The number of esters is 2. The van der Waals surface area contributed by atoms with Crippen molar-refractivity contribution in [2.24, 2.45) is 0 Å². The second-order valence-electron chi connectivity index (χ2n) is 5.67. The maximum Gasteiger partial charge on any atom is 0.335 e. The molecule has 0 unspecified atom stereocenters.